The Hall–Kier alpha value is -2.29. The van der Waals surface area contributed by atoms with Crippen LogP contribution < -0.4 is 4.90 Å². The van der Waals surface area contributed by atoms with E-state index in [9.17, 15) is 19.5 Å². The molecule has 1 spiro atoms. The van der Waals surface area contributed by atoms with Gasteiger partial charge in [0.05, 0.1) is 23.2 Å². The number of rotatable bonds is 11. The van der Waals surface area contributed by atoms with Crippen LogP contribution in [-0.2, 0) is 19.1 Å². The normalized spacial score (nSPS) is 30.2. The minimum atomic E-state index is -0.769. The van der Waals surface area contributed by atoms with E-state index in [1.54, 1.807) is 58.0 Å². The van der Waals surface area contributed by atoms with Crippen LogP contribution >= 0.6 is 23.4 Å². The second-order valence-corrected chi connectivity index (χ2v) is 12.1. The van der Waals surface area contributed by atoms with Crippen molar-refractivity contribution >= 4 is 46.8 Å². The van der Waals surface area contributed by atoms with E-state index in [1.807, 2.05) is 6.92 Å². The van der Waals surface area contributed by atoms with Crippen molar-refractivity contribution in [1.82, 2.24) is 4.90 Å². The van der Waals surface area contributed by atoms with Gasteiger partial charge in [-0.15, -0.1) is 24.9 Å². The highest BCUT2D eigenvalue weighted by atomic mass is 35.5. The molecule has 0 aromatic heterocycles. The monoisotopic (exact) mass is 532 g/mol. The van der Waals surface area contributed by atoms with Crippen molar-refractivity contribution in [3.63, 3.8) is 0 Å². The molecule has 0 radical (unpaired) electrons. The molecule has 9 heteroatoms. The number of thioether (sulfide) groups is 1. The first-order chi connectivity index (χ1) is 17.2. The van der Waals surface area contributed by atoms with Crippen LogP contribution in [0.15, 0.2) is 49.6 Å². The summed E-state index contributed by atoms with van der Waals surface area (Å²) in [7, 11) is 0. The topological polar surface area (TPSA) is 87.1 Å². The number of carbonyl (C=O) groups excluding carboxylic acids is 3. The van der Waals surface area contributed by atoms with E-state index in [0.29, 0.717) is 36.4 Å². The molecule has 3 saturated heterocycles. The predicted octanol–water partition coefficient (Wildman–Crippen LogP) is 3.84. The zero-order valence-electron chi connectivity index (χ0n) is 20.5. The highest BCUT2D eigenvalue weighted by Gasteiger charge is 2.77. The van der Waals surface area contributed by atoms with Crippen molar-refractivity contribution in [2.75, 3.05) is 31.2 Å². The van der Waals surface area contributed by atoms with Gasteiger partial charge in [-0.1, -0.05) is 23.8 Å². The van der Waals surface area contributed by atoms with E-state index in [1.165, 1.54) is 0 Å². The number of benzene rings is 1. The fourth-order valence-corrected chi connectivity index (χ4v) is 8.56. The average molecular weight is 533 g/mol. The largest absolute Gasteiger partial charge is 0.465 e. The lowest BCUT2D eigenvalue weighted by atomic mass is 9.66. The molecular weight excluding hydrogens is 500 g/mol. The number of amides is 2. The fraction of sp³-hybridized carbons (Fsp3) is 0.519. The maximum absolute atomic E-state index is 14.3. The number of esters is 1. The summed E-state index contributed by atoms with van der Waals surface area (Å²) in [4.78, 5) is 44.7. The van der Waals surface area contributed by atoms with Gasteiger partial charge in [0.2, 0.25) is 5.91 Å². The van der Waals surface area contributed by atoms with Crippen molar-refractivity contribution < 1.29 is 24.2 Å². The molecule has 36 heavy (non-hydrogen) atoms. The Bertz CT molecular complexity index is 1050. The molecule has 7 nitrogen and oxygen atoms in total. The molecule has 5 atom stereocenters. The molecule has 4 rings (SSSR count). The second-order valence-electron chi connectivity index (χ2n) is 9.80. The number of nitrogens with zero attached hydrogens (tertiary/aromatic N) is 2. The number of anilines is 1. The number of hydrogen-bond acceptors (Lipinski definition) is 6. The number of hydrogen-bond donors (Lipinski definition) is 1. The van der Waals surface area contributed by atoms with Gasteiger partial charge in [0.25, 0.3) is 5.91 Å². The summed E-state index contributed by atoms with van der Waals surface area (Å²) in [6.45, 7) is 10.1. The lowest BCUT2D eigenvalue weighted by molar-refractivity contribution is -0.155. The van der Waals surface area contributed by atoms with Gasteiger partial charge in [-0.2, -0.15) is 0 Å². The summed E-state index contributed by atoms with van der Waals surface area (Å²) < 4.78 is 4.33. The van der Waals surface area contributed by atoms with Crippen LogP contribution in [0.1, 0.15) is 32.6 Å². The van der Waals surface area contributed by atoms with E-state index in [2.05, 4.69) is 13.2 Å². The van der Waals surface area contributed by atoms with E-state index < -0.39 is 27.4 Å². The van der Waals surface area contributed by atoms with Gasteiger partial charge in [0.15, 0.2) is 0 Å². The average Bonchev–Trinajstić information content (AvgIpc) is 3.42. The van der Waals surface area contributed by atoms with Gasteiger partial charge in [0.1, 0.15) is 6.04 Å². The Labute approximate surface area is 221 Å². The molecular formula is C27H33ClN2O5S. The van der Waals surface area contributed by atoms with Gasteiger partial charge in [0, 0.05) is 35.2 Å². The van der Waals surface area contributed by atoms with Crippen LogP contribution in [0.4, 0.5) is 5.69 Å². The van der Waals surface area contributed by atoms with Gasteiger partial charge < -0.3 is 19.6 Å². The number of likely N-dealkylation sites (tertiary alicyclic amines) is 1. The molecule has 2 bridgehead atoms. The molecule has 3 heterocycles. The van der Waals surface area contributed by atoms with Gasteiger partial charge in [-0.3, -0.25) is 14.4 Å². The third kappa shape index (κ3) is 4.37. The minimum Gasteiger partial charge on any atom is -0.465 e. The van der Waals surface area contributed by atoms with Gasteiger partial charge in [-0.25, -0.2) is 0 Å². The first-order valence-electron chi connectivity index (χ1n) is 12.3. The molecule has 1 N–H and O–H groups in total. The molecule has 194 valence electrons. The van der Waals surface area contributed by atoms with Crippen LogP contribution in [0.3, 0.4) is 0 Å². The standard InChI is InChI=1S/C27H33ClN2O5S/c1-4-6-17-35-25(34)21-20-23(32)30(15-7-16-31)22(27(20)13-12-26(21,3)36-27)24(33)29(14-5-2)19-10-8-18(28)9-11-19/h4-5,8-11,20-22,31H,1-2,6-7,12-17H2,3H3/t20-,21-,22?,26+,27?/m0/s1. The Morgan fingerprint density at radius 3 is 2.64 bits per heavy atom. The third-order valence-corrected chi connectivity index (χ3v) is 9.84. The summed E-state index contributed by atoms with van der Waals surface area (Å²) in [5, 5.41) is 10.1. The first kappa shape index (κ1) is 26.8. The molecule has 0 saturated carbocycles. The first-order valence-corrected chi connectivity index (χ1v) is 13.5. The lowest BCUT2D eigenvalue weighted by Gasteiger charge is -2.37. The molecule has 2 unspecified atom stereocenters. The van der Waals surface area contributed by atoms with E-state index >= 15 is 0 Å². The van der Waals surface area contributed by atoms with Gasteiger partial charge >= 0.3 is 5.97 Å². The quantitative estimate of drug-likeness (QED) is 0.265. The fourth-order valence-electron chi connectivity index (χ4n) is 6.10. The maximum atomic E-state index is 14.3. The van der Waals surface area contributed by atoms with E-state index in [-0.39, 0.29) is 44.1 Å². The summed E-state index contributed by atoms with van der Waals surface area (Å²) in [6, 6.07) is 6.21. The van der Waals surface area contributed by atoms with E-state index in [4.69, 9.17) is 16.3 Å². The molecule has 3 fully saturated rings. The Balaban J connectivity index is 1.74. The van der Waals surface area contributed by atoms with E-state index in [0.717, 1.165) is 0 Å². The van der Waals surface area contributed by atoms with Crippen LogP contribution in [0.5, 0.6) is 0 Å². The Morgan fingerprint density at radius 1 is 1.28 bits per heavy atom. The van der Waals surface area contributed by atoms with Crippen LogP contribution in [0.2, 0.25) is 5.02 Å². The van der Waals surface area contributed by atoms with Crippen LogP contribution in [-0.4, -0.2) is 69.6 Å². The zero-order valence-corrected chi connectivity index (χ0v) is 22.1. The molecule has 1 aromatic carbocycles. The van der Waals surface area contributed by atoms with Crippen molar-refractivity contribution in [1.29, 1.82) is 0 Å². The van der Waals surface area contributed by atoms with Crippen molar-refractivity contribution in [3.8, 4) is 0 Å². The Morgan fingerprint density at radius 2 is 2.00 bits per heavy atom. The summed E-state index contributed by atoms with van der Waals surface area (Å²) in [5.74, 6) is -2.10. The number of aliphatic hydroxyl groups is 1. The van der Waals surface area contributed by atoms with Crippen molar-refractivity contribution in [2.24, 2.45) is 11.8 Å². The number of ether oxygens (including phenoxy) is 1. The SMILES string of the molecule is C=CCCOC(=O)[C@@H]1[C@H]2C(=O)N(CCCO)C(C(=O)N(CC=C)c3ccc(Cl)cc3)C23CC[C@@]1(C)S3. The number of aliphatic hydroxyl groups excluding tert-OH is 1. The lowest BCUT2D eigenvalue weighted by Crippen LogP contribution is -2.55. The predicted molar refractivity (Wildman–Crippen MR) is 142 cm³/mol. The number of fused-ring (bicyclic) bond motifs is 1. The smallest absolute Gasteiger partial charge is 0.311 e. The summed E-state index contributed by atoms with van der Waals surface area (Å²) in [6.07, 6.45) is 5.57. The molecule has 0 aliphatic carbocycles. The van der Waals surface area contributed by atoms with Crippen LogP contribution in [0, 0.1) is 11.8 Å². The summed E-state index contributed by atoms with van der Waals surface area (Å²) in [5.41, 5.74) is 0.655. The van der Waals surface area contributed by atoms with Crippen molar-refractivity contribution in [3.05, 3.63) is 54.6 Å². The highest BCUT2D eigenvalue weighted by molar-refractivity contribution is 8.02. The summed E-state index contributed by atoms with van der Waals surface area (Å²) >= 11 is 7.67. The number of halogens is 1. The molecule has 2 amide bonds. The molecule has 3 aliphatic rings. The number of carbonyl (C=O) groups is 3. The Kier molecular flexibility index (Phi) is 7.88. The third-order valence-electron chi connectivity index (χ3n) is 7.60. The maximum Gasteiger partial charge on any atom is 0.311 e. The minimum absolute atomic E-state index is 0.103. The molecule has 1 aromatic rings. The molecule has 3 aliphatic heterocycles. The van der Waals surface area contributed by atoms with Gasteiger partial charge in [-0.05, 0) is 56.9 Å². The van der Waals surface area contributed by atoms with Crippen LogP contribution in [0.25, 0.3) is 0 Å². The van der Waals surface area contributed by atoms with Crippen molar-refractivity contribution in [2.45, 2.75) is 48.1 Å². The zero-order chi connectivity index (χ0) is 26.1. The highest BCUT2D eigenvalue weighted by Crippen LogP contribution is 2.71. The second kappa shape index (κ2) is 10.6.